The van der Waals surface area contributed by atoms with Crippen molar-refractivity contribution in [2.75, 3.05) is 14.2 Å². The van der Waals surface area contributed by atoms with Gasteiger partial charge in [0.15, 0.2) is 23.5 Å². The Morgan fingerprint density at radius 2 is 2.07 bits per heavy atom. The molecule has 0 amide bonds. The fourth-order valence-electron chi connectivity index (χ4n) is 1.09. The lowest BCUT2D eigenvalue weighted by Gasteiger charge is -2.10. The van der Waals surface area contributed by atoms with Gasteiger partial charge in [-0.3, -0.25) is 4.79 Å². The maximum absolute atomic E-state index is 10.7. The molecule has 4 nitrogen and oxygen atoms in total. The number of aldehydes is 1. The van der Waals surface area contributed by atoms with Crippen LogP contribution in [0.1, 0.15) is 10.4 Å². The minimum Gasteiger partial charge on any atom is -0.504 e. The summed E-state index contributed by atoms with van der Waals surface area (Å²) in [7, 11) is 2.73. The molecule has 1 aromatic rings. The zero-order valence-electron chi connectivity index (χ0n) is 7.70. The summed E-state index contributed by atoms with van der Waals surface area (Å²) >= 11 is 5.79. The maximum Gasteiger partial charge on any atom is 0.172 e. The molecule has 0 aliphatic heterocycles. The van der Waals surface area contributed by atoms with Crippen LogP contribution in [0.2, 0.25) is 5.02 Å². The van der Waals surface area contributed by atoms with Gasteiger partial charge in [-0.2, -0.15) is 0 Å². The highest BCUT2D eigenvalue weighted by Crippen LogP contribution is 2.40. The molecule has 0 bridgehead atoms. The predicted molar refractivity (Wildman–Crippen MR) is 51.6 cm³/mol. The van der Waals surface area contributed by atoms with E-state index in [-0.39, 0.29) is 27.8 Å². The van der Waals surface area contributed by atoms with Crippen LogP contribution in [0, 0.1) is 0 Å². The molecule has 1 aromatic carbocycles. The average molecular weight is 217 g/mol. The molecule has 14 heavy (non-hydrogen) atoms. The van der Waals surface area contributed by atoms with E-state index in [1.807, 2.05) is 0 Å². The van der Waals surface area contributed by atoms with Gasteiger partial charge < -0.3 is 14.6 Å². The number of hydrogen-bond acceptors (Lipinski definition) is 4. The van der Waals surface area contributed by atoms with Gasteiger partial charge in [-0.1, -0.05) is 11.6 Å². The second-order valence-electron chi connectivity index (χ2n) is 2.47. The van der Waals surface area contributed by atoms with Crippen LogP contribution in [0.25, 0.3) is 0 Å². The first kappa shape index (κ1) is 10.7. The van der Waals surface area contributed by atoms with E-state index in [4.69, 9.17) is 21.1 Å². The Labute approximate surface area is 86.0 Å². The van der Waals surface area contributed by atoms with Gasteiger partial charge in [-0.05, 0) is 0 Å². The largest absolute Gasteiger partial charge is 0.504 e. The molecule has 0 unspecified atom stereocenters. The minimum atomic E-state index is -0.274. The van der Waals surface area contributed by atoms with Crippen LogP contribution < -0.4 is 9.47 Å². The fourth-order valence-corrected chi connectivity index (χ4v) is 1.37. The number of aromatic hydroxyl groups is 1. The van der Waals surface area contributed by atoms with Crippen LogP contribution in [0.15, 0.2) is 6.07 Å². The van der Waals surface area contributed by atoms with Crippen LogP contribution in [0.4, 0.5) is 0 Å². The molecule has 0 saturated carbocycles. The van der Waals surface area contributed by atoms with Crippen molar-refractivity contribution in [3.05, 3.63) is 16.7 Å². The van der Waals surface area contributed by atoms with Crippen molar-refractivity contribution in [1.29, 1.82) is 0 Å². The first-order chi connectivity index (χ1) is 6.65. The number of carbonyl (C=O) groups is 1. The van der Waals surface area contributed by atoms with Gasteiger partial charge >= 0.3 is 0 Å². The Hall–Kier alpha value is -1.42. The molecule has 5 heteroatoms. The maximum atomic E-state index is 10.7. The van der Waals surface area contributed by atoms with E-state index in [2.05, 4.69) is 0 Å². The first-order valence-electron chi connectivity index (χ1n) is 3.74. The highest BCUT2D eigenvalue weighted by Gasteiger charge is 2.17. The molecule has 0 spiro atoms. The number of rotatable bonds is 3. The molecular weight excluding hydrogens is 208 g/mol. The summed E-state index contributed by atoms with van der Waals surface area (Å²) in [6, 6.07) is 1.38. The van der Waals surface area contributed by atoms with E-state index in [0.29, 0.717) is 6.29 Å². The van der Waals surface area contributed by atoms with Crippen molar-refractivity contribution >= 4 is 17.9 Å². The number of phenolic OH excluding ortho intramolecular Hbond substituents is 1. The SMILES string of the molecule is COc1cc(Cl)c(OC)c(C=O)c1O. The summed E-state index contributed by atoms with van der Waals surface area (Å²) in [5.74, 6) is 0.00150. The van der Waals surface area contributed by atoms with Gasteiger partial charge in [-0.15, -0.1) is 0 Å². The van der Waals surface area contributed by atoms with E-state index in [1.54, 1.807) is 0 Å². The van der Waals surface area contributed by atoms with Crippen LogP contribution in [-0.4, -0.2) is 25.6 Å². The Morgan fingerprint density at radius 1 is 1.43 bits per heavy atom. The quantitative estimate of drug-likeness (QED) is 0.784. The summed E-state index contributed by atoms with van der Waals surface area (Å²) in [5.41, 5.74) is -0.0168. The summed E-state index contributed by atoms with van der Waals surface area (Å²) in [5, 5.41) is 9.74. The second-order valence-corrected chi connectivity index (χ2v) is 2.88. The third-order valence-corrected chi connectivity index (χ3v) is 2.03. The Morgan fingerprint density at radius 3 is 2.50 bits per heavy atom. The lowest BCUT2D eigenvalue weighted by atomic mass is 10.2. The third kappa shape index (κ3) is 1.61. The van der Waals surface area contributed by atoms with Crippen molar-refractivity contribution < 1.29 is 19.4 Å². The predicted octanol–water partition coefficient (Wildman–Crippen LogP) is 1.88. The van der Waals surface area contributed by atoms with Crippen molar-refractivity contribution in [2.24, 2.45) is 0 Å². The molecule has 0 aromatic heterocycles. The lowest BCUT2D eigenvalue weighted by Crippen LogP contribution is -1.95. The molecular formula is C9H9ClO4. The van der Waals surface area contributed by atoms with E-state index in [0.717, 1.165) is 0 Å². The van der Waals surface area contributed by atoms with E-state index in [1.165, 1.54) is 20.3 Å². The summed E-state index contributed by atoms with van der Waals surface area (Å²) < 4.78 is 9.69. The molecule has 0 aliphatic carbocycles. The van der Waals surface area contributed by atoms with Crippen LogP contribution >= 0.6 is 11.6 Å². The van der Waals surface area contributed by atoms with Crippen LogP contribution in [0.5, 0.6) is 17.2 Å². The Kier molecular flexibility index (Phi) is 3.19. The highest BCUT2D eigenvalue weighted by molar-refractivity contribution is 6.32. The molecule has 0 fully saturated rings. The highest BCUT2D eigenvalue weighted by atomic mass is 35.5. The molecule has 0 aliphatic rings. The van der Waals surface area contributed by atoms with Gasteiger partial charge in [0.1, 0.15) is 5.56 Å². The molecule has 0 heterocycles. The van der Waals surface area contributed by atoms with E-state index < -0.39 is 0 Å². The third-order valence-electron chi connectivity index (χ3n) is 1.75. The van der Waals surface area contributed by atoms with Crippen molar-refractivity contribution in [2.45, 2.75) is 0 Å². The van der Waals surface area contributed by atoms with Gasteiger partial charge in [0, 0.05) is 6.07 Å². The summed E-state index contributed by atoms with van der Waals surface area (Å²) in [6.07, 6.45) is 0.461. The first-order valence-corrected chi connectivity index (χ1v) is 4.12. The van der Waals surface area contributed by atoms with Gasteiger partial charge in [0.05, 0.1) is 19.2 Å². The van der Waals surface area contributed by atoms with Gasteiger partial charge in [0.2, 0.25) is 0 Å². The monoisotopic (exact) mass is 216 g/mol. The van der Waals surface area contributed by atoms with Crippen molar-refractivity contribution in [3.8, 4) is 17.2 Å². The van der Waals surface area contributed by atoms with Gasteiger partial charge in [-0.25, -0.2) is 0 Å². The normalized spacial score (nSPS) is 9.64. The zero-order valence-corrected chi connectivity index (χ0v) is 8.46. The fraction of sp³-hybridized carbons (Fsp3) is 0.222. The number of carbonyl (C=O) groups excluding carboxylic acids is 1. The smallest absolute Gasteiger partial charge is 0.172 e. The van der Waals surface area contributed by atoms with Gasteiger partial charge in [0.25, 0.3) is 0 Å². The number of benzene rings is 1. The topological polar surface area (TPSA) is 55.8 Å². The minimum absolute atomic E-state index is 0.0168. The zero-order chi connectivity index (χ0) is 10.7. The standard InChI is InChI=1S/C9H9ClO4/c1-13-7-3-6(10)9(14-2)5(4-11)8(7)12/h3-4,12H,1-2H3. The number of halogens is 1. The Bertz CT molecular complexity index is 362. The average Bonchev–Trinajstić information content (AvgIpc) is 2.20. The second kappa shape index (κ2) is 4.19. The Balaban J connectivity index is 3.47. The molecule has 1 rings (SSSR count). The van der Waals surface area contributed by atoms with Crippen molar-refractivity contribution in [1.82, 2.24) is 0 Å². The number of hydrogen-bond donors (Lipinski definition) is 1. The summed E-state index contributed by atoms with van der Waals surface area (Å²) in [6.45, 7) is 0. The van der Waals surface area contributed by atoms with E-state index in [9.17, 15) is 9.90 Å². The number of ether oxygens (including phenoxy) is 2. The molecule has 0 atom stereocenters. The van der Waals surface area contributed by atoms with Crippen LogP contribution in [-0.2, 0) is 0 Å². The molecule has 0 radical (unpaired) electrons. The van der Waals surface area contributed by atoms with E-state index >= 15 is 0 Å². The van der Waals surface area contributed by atoms with Crippen LogP contribution in [0.3, 0.4) is 0 Å². The molecule has 76 valence electrons. The van der Waals surface area contributed by atoms with Crippen molar-refractivity contribution in [3.63, 3.8) is 0 Å². The lowest BCUT2D eigenvalue weighted by molar-refractivity contribution is 0.111. The molecule has 0 saturated heterocycles. The number of phenols is 1. The summed E-state index contributed by atoms with van der Waals surface area (Å²) in [4.78, 5) is 10.7. The number of methoxy groups -OCH3 is 2. The molecule has 1 N–H and O–H groups in total.